The fourth-order valence-corrected chi connectivity index (χ4v) is 2.76. The average molecular weight is 263 g/mol. The number of amidine groups is 1. The molecule has 19 heavy (non-hydrogen) atoms. The number of para-hydroxylation sites is 1. The van der Waals surface area contributed by atoms with E-state index in [9.17, 15) is 5.11 Å². The van der Waals surface area contributed by atoms with Crippen LogP contribution in [0.3, 0.4) is 0 Å². The van der Waals surface area contributed by atoms with Gasteiger partial charge in [0.2, 0.25) is 0 Å². The lowest BCUT2D eigenvalue weighted by Gasteiger charge is -2.38. The van der Waals surface area contributed by atoms with Gasteiger partial charge in [-0.1, -0.05) is 17.3 Å². The third-order valence-corrected chi connectivity index (χ3v) is 3.69. The minimum atomic E-state index is 0.129. The third kappa shape index (κ3) is 2.98. The summed E-state index contributed by atoms with van der Waals surface area (Å²) >= 11 is 0. The number of nitrogens with zero attached hydrogens (tertiary/aromatic N) is 2. The first-order chi connectivity index (χ1) is 9.27. The van der Waals surface area contributed by atoms with E-state index >= 15 is 0 Å². The van der Waals surface area contributed by atoms with E-state index in [0.717, 1.165) is 37.1 Å². The number of anilines is 1. The molecule has 0 saturated carbocycles. The van der Waals surface area contributed by atoms with Gasteiger partial charge in [-0.2, -0.15) is 0 Å². The maximum atomic E-state index is 9.19. The van der Waals surface area contributed by atoms with Gasteiger partial charge in [-0.25, -0.2) is 0 Å². The number of benzene rings is 1. The molecule has 1 aliphatic rings. The SMILES string of the molecule is N/C(=N\O)c1ccccc1N1CCCCC1CCO. The Kier molecular flexibility index (Phi) is 4.63. The zero-order valence-electron chi connectivity index (χ0n) is 11.0. The number of piperidine rings is 1. The van der Waals surface area contributed by atoms with Crippen molar-refractivity contribution in [1.29, 1.82) is 0 Å². The molecule has 104 valence electrons. The van der Waals surface area contributed by atoms with Crippen molar-refractivity contribution in [2.75, 3.05) is 18.1 Å². The summed E-state index contributed by atoms with van der Waals surface area (Å²) < 4.78 is 0. The molecule has 1 aromatic carbocycles. The summed E-state index contributed by atoms with van der Waals surface area (Å²) in [7, 11) is 0. The van der Waals surface area contributed by atoms with E-state index in [1.807, 2.05) is 24.3 Å². The number of hydrogen-bond donors (Lipinski definition) is 3. The van der Waals surface area contributed by atoms with Gasteiger partial charge in [0.15, 0.2) is 5.84 Å². The first kappa shape index (κ1) is 13.7. The van der Waals surface area contributed by atoms with E-state index in [0.29, 0.717) is 6.04 Å². The Morgan fingerprint density at radius 1 is 1.37 bits per heavy atom. The molecule has 1 aliphatic heterocycles. The first-order valence-electron chi connectivity index (χ1n) is 6.72. The highest BCUT2D eigenvalue weighted by Crippen LogP contribution is 2.29. The van der Waals surface area contributed by atoms with Gasteiger partial charge in [0.1, 0.15) is 0 Å². The quantitative estimate of drug-likeness (QED) is 0.333. The Morgan fingerprint density at radius 2 is 2.16 bits per heavy atom. The Bertz CT molecular complexity index is 446. The second kappa shape index (κ2) is 6.43. The molecule has 1 aromatic rings. The molecule has 5 nitrogen and oxygen atoms in total. The van der Waals surface area contributed by atoms with E-state index in [4.69, 9.17) is 10.9 Å². The van der Waals surface area contributed by atoms with Crippen LogP contribution in [0.5, 0.6) is 0 Å². The predicted molar refractivity (Wildman–Crippen MR) is 75.6 cm³/mol. The van der Waals surface area contributed by atoms with Gasteiger partial charge >= 0.3 is 0 Å². The number of hydrogen-bond acceptors (Lipinski definition) is 4. The van der Waals surface area contributed by atoms with Crippen molar-refractivity contribution in [3.05, 3.63) is 29.8 Å². The minimum absolute atomic E-state index is 0.129. The van der Waals surface area contributed by atoms with Crippen LogP contribution in [0.4, 0.5) is 5.69 Å². The topological polar surface area (TPSA) is 82.1 Å². The van der Waals surface area contributed by atoms with Crippen molar-refractivity contribution in [3.8, 4) is 0 Å². The van der Waals surface area contributed by atoms with Crippen LogP contribution >= 0.6 is 0 Å². The van der Waals surface area contributed by atoms with Crippen LogP contribution in [-0.4, -0.2) is 35.3 Å². The van der Waals surface area contributed by atoms with Crippen molar-refractivity contribution >= 4 is 11.5 Å². The van der Waals surface area contributed by atoms with E-state index in [1.54, 1.807) is 0 Å². The lowest BCUT2D eigenvalue weighted by atomic mass is 9.97. The molecule has 1 saturated heterocycles. The second-order valence-electron chi connectivity index (χ2n) is 4.86. The summed E-state index contributed by atoms with van der Waals surface area (Å²) in [6.45, 7) is 1.13. The molecule has 0 spiro atoms. The predicted octanol–water partition coefficient (Wildman–Crippen LogP) is 1.52. The number of rotatable bonds is 4. The van der Waals surface area contributed by atoms with Gasteiger partial charge in [-0.05, 0) is 37.8 Å². The molecule has 4 N–H and O–H groups in total. The van der Waals surface area contributed by atoms with Gasteiger partial charge in [0, 0.05) is 30.4 Å². The molecule has 5 heteroatoms. The Balaban J connectivity index is 2.33. The van der Waals surface area contributed by atoms with Crippen LogP contribution in [-0.2, 0) is 0 Å². The van der Waals surface area contributed by atoms with Crippen molar-refractivity contribution < 1.29 is 10.3 Å². The molecule has 1 atom stereocenters. The number of oxime groups is 1. The van der Waals surface area contributed by atoms with Crippen LogP contribution < -0.4 is 10.6 Å². The van der Waals surface area contributed by atoms with E-state index < -0.39 is 0 Å². The van der Waals surface area contributed by atoms with Crippen molar-refractivity contribution in [2.24, 2.45) is 10.9 Å². The molecular formula is C14H21N3O2. The maximum Gasteiger partial charge on any atom is 0.172 e. The van der Waals surface area contributed by atoms with Gasteiger partial charge in [0.05, 0.1) is 0 Å². The largest absolute Gasteiger partial charge is 0.409 e. The molecule has 2 rings (SSSR count). The molecular weight excluding hydrogens is 242 g/mol. The summed E-state index contributed by atoms with van der Waals surface area (Å²) in [6.07, 6.45) is 4.15. The van der Waals surface area contributed by atoms with Gasteiger partial charge in [-0.3, -0.25) is 0 Å². The van der Waals surface area contributed by atoms with Gasteiger partial charge < -0.3 is 20.9 Å². The van der Waals surface area contributed by atoms with Gasteiger partial charge in [-0.15, -0.1) is 0 Å². The highest BCUT2D eigenvalue weighted by Gasteiger charge is 2.24. The van der Waals surface area contributed by atoms with Crippen LogP contribution in [0.25, 0.3) is 0 Å². The monoisotopic (exact) mass is 263 g/mol. The molecule has 0 aliphatic carbocycles. The standard InChI is InChI=1S/C14H21N3O2/c15-14(16-19)12-6-1-2-7-13(12)17-9-4-3-5-11(17)8-10-18/h1-2,6-7,11,18-19H,3-5,8-10H2,(H2,15,16). The zero-order chi connectivity index (χ0) is 13.7. The smallest absolute Gasteiger partial charge is 0.172 e. The Hall–Kier alpha value is -1.75. The summed E-state index contributed by atoms with van der Waals surface area (Å²) in [5, 5.41) is 21.2. The fourth-order valence-electron chi connectivity index (χ4n) is 2.76. The molecule has 1 unspecified atom stereocenters. The number of aliphatic hydroxyl groups excluding tert-OH is 1. The summed E-state index contributed by atoms with van der Waals surface area (Å²) in [4.78, 5) is 2.27. The maximum absolute atomic E-state index is 9.19. The molecule has 0 aromatic heterocycles. The fraction of sp³-hybridized carbons (Fsp3) is 0.500. The third-order valence-electron chi connectivity index (χ3n) is 3.69. The molecule has 1 fully saturated rings. The first-order valence-corrected chi connectivity index (χ1v) is 6.72. The van der Waals surface area contributed by atoms with E-state index in [-0.39, 0.29) is 12.4 Å². The van der Waals surface area contributed by atoms with Crippen LogP contribution in [0, 0.1) is 0 Å². The summed E-state index contributed by atoms with van der Waals surface area (Å²) in [5.74, 6) is 0.129. The van der Waals surface area contributed by atoms with Crippen LogP contribution in [0.2, 0.25) is 0 Å². The molecule has 0 bridgehead atoms. The highest BCUT2D eigenvalue weighted by atomic mass is 16.4. The Morgan fingerprint density at radius 3 is 2.89 bits per heavy atom. The normalized spacial score (nSPS) is 20.6. The minimum Gasteiger partial charge on any atom is -0.409 e. The molecule has 0 amide bonds. The van der Waals surface area contributed by atoms with Crippen LogP contribution in [0.15, 0.2) is 29.4 Å². The van der Waals surface area contributed by atoms with Crippen LogP contribution in [0.1, 0.15) is 31.2 Å². The van der Waals surface area contributed by atoms with Crippen molar-refractivity contribution in [1.82, 2.24) is 0 Å². The zero-order valence-corrected chi connectivity index (χ0v) is 11.0. The lowest BCUT2D eigenvalue weighted by Crippen LogP contribution is -2.41. The van der Waals surface area contributed by atoms with E-state index in [1.165, 1.54) is 6.42 Å². The van der Waals surface area contributed by atoms with Gasteiger partial charge in [0.25, 0.3) is 0 Å². The second-order valence-corrected chi connectivity index (χ2v) is 4.86. The number of aliphatic hydroxyl groups is 1. The summed E-state index contributed by atoms with van der Waals surface area (Å²) in [5.41, 5.74) is 7.47. The number of nitrogens with two attached hydrogens (primary N) is 1. The molecule has 1 heterocycles. The van der Waals surface area contributed by atoms with E-state index in [2.05, 4.69) is 10.1 Å². The lowest BCUT2D eigenvalue weighted by molar-refractivity contribution is 0.262. The molecule has 0 radical (unpaired) electrons. The highest BCUT2D eigenvalue weighted by molar-refractivity contribution is 6.02. The average Bonchev–Trinajstić information content (AvgIpc) is 2.47. The van der Waals surface area contributed by atoms with Crippen molar-refractivity contribution in [3.63, 3.8) is 0 Å². The van der Waals surface area contributed by atoms with Crippen molar-refractivity contribution in [2.45, 2.75) is 31.7 Å². The summed E-state index contributed by atoms with van der Waals surface area (Å²) in [6, 6.07) is 8.00. The Labute approximate surface area is 113 Å².